The predicted molar refractivity (Wildman–Crippen MR) is 150 cm³/mol. The molecule has 0 bridgehead atoms. The molecule has 3 aromatic rings. The van der Waals surface area contributed by atoms with Gasteiger partial charge in [0, 0.05) is 25.0 Å². The van der Waals surface area contributed by atoms with Gasteiger partial charge in [-0.15, -0.1) is 0 Å². The van der Waals surface area contributed by atoms with Gasteiger partial charge in [-0.25, -0.2) is 4.79 Å². The minimum absolute atomic E-state index is 0.0416. The van der Waals surface area contributed by atoms with Gasteiger partial charge in [-0.05, 0) is 76.8 Å². The molecule has 3 N–H and O–H groups in total. The standard InChI is InChI=1S/C29H34F3N7O3/c1-26(2,3)42-25(41)38-17-12-27(11-14-33,13-18-38)39-21-9-16-34-24(40)22(21)23(37-39)36-20-7-5-19(6-8-20)28(29(30,31)32)10-4-15-35-28/h5-9,16,35H,4,10-13,15,17-18H2,1-3H3,(H,34,40)(H,36,37). The lowest BCUT2D eigenvalue weighted by atomic mass is 9.85. The zero-order chi connectivity index (χ0) is 30.3. The Morgan fingerprint density at radius 1 is 1.14 bits per heavy atom. The number of aromatic nitrogens is 3. The number of anilines is 2. The third-order valence-electron chi connectivity index (χ3n) is 8.09. The van der Waals surface area contributed by atoms with Crippen molar-refractivity contribution in [3.05, 3.63) is 52.4 Å². The lowest BCUT2D eigenvalue weighted by Gasteiger charge is -2.41. The van der Waals surface area contributed by atoms with Crippen LogP contribution in [0.15, 0.2) is 41.3 Å². The number of fused-ring (bicyclic) bond motifs is 1. The van der Waals surface area contributed by atoms with Crippen LogP contribution in [0.25, 0.3) is 10.9 Å². The largest absolute Gasteiger partial charge is 0.444 e. The van der Waals surface area contributed by atoms with Gasteiger partial charge in [0.05, 0.1) is 23.5 Å². The average Bonchev–Trinajstić information content (AvgIpc) is 3.56. The second-order valence-electron chi connectivity index (χ2n) is 12.0. The van der Waals surface area contributed by atoms with Crippen molar-refractivity contribution in [1.82, 2.24) is 25.0 Å². The van der Waals surface area contributed by atoms with Gasteiger partial charge in [0.2, 0.25) is 0 Å². The molecule has 42 heavy (non-hydrogen) atoms. The molecule has 2 fully saturated rings. The number of ether oxygens (including phenoxy) is 1. The molecule has 10 nitrogen and oxygen atoms in total. The molecule has 13 heteroatoms. The number of nitrogens with zero attached hydrogens (tertiary/aromatic N) is 4. The van der Waals surface area contributed by atoms with Gasteiger partial charge in [-0.1, -0.05) is 12.1 Å². The van der Waals surface area contributed by atoms with Gasteiger partial charge in [-0.3, -0.25) is 14.8 Å². The van der Waals surface area contributed by atoms with Crippen molar-refractivity contribution in [3.63, 3.8) is 0 Å². The Morgan fingerprint density at radius 2 is 1.83 bits per heavy atom. The Hall–Kier alpha value is -4.05. The van der Waals surface area contributed by atoms with Crippen molar-refractivity contribution in [2.24, 2.45) is 0 Å². The van der Waals surface area contributed by atoms with Crippen LogP contribution in [0.4, 0.5) is 29.5 Å². The van der Waals surface area contributed by atoms with Crippen LogP contribution in [0.3, 0.4) is 0 Å². The smallest absolute Gasteiger partial charge is 0.410 e. The summed E-state index contributed by atoms with van der Waals surface area (Å²) < 4.78 is 49.2. The van der Waals surface area contributed by atoms with E-state index in [1.54, 1.807) is 36.4 Å². The van der Waals surface area contributed by atoms with Crippen LogP contribution < -0.4 is 16.2 Å². The first-order valence-electron chi connectivity index (χ1n) is 13.9. The number of amides is 1. The summed E-state index contributed by atoms with van der Waals surface area (Å²) in [7, 11) is 0. The fourth-order valence-electron chi connectivity index (χ4n) is 5.94. The maximum Gasteiger partial charge on any atom is 0.410 e. The van der Waals surface area contributed by atoms with E-state index in [9.17, 15) is 28.0 Å². The highest BCUT2D eigenvalue weighted by Gasteiger charge is 2.57. The van der Waals surface area contributed by atoms with Gasteiger partial charge in [0.1, 0.15) is 16.5 Å². The normalized spacial score (nSPS) is 20.8. The molecule has 5 rings (SSSR count). The molecule has 1 amide bonds. The highest BCUT2D eigenvalue weighted by molar-refractivity contribution is 5.91. The minimum Gasteiger partial charge on any atom is -0.444 e. The third kappa shape index (κ3) is 5.31. The van der Waals surface area contributed by atoms with Crippen molar-refractivity contribution in [2.45, 2.75) is 75.7 Å². The zero-order valence-electron chi connectivity index (χ0n) is 23.8. The number of piperidine rings is 1. The molecule has 0 radical (unpaired) electrons. The Labute approximate surface area is 240 Å². The van der Waals surface area contributed by atoms with Crippen molar-refractivity contribution >= 4 is 28.5 Å². The van der Waals surface area contributed by atoms with Crippen molar-refractivity contribution in [3.8, 4) is 6.07 Å². The molecule has 2 aliphatic rings. The van der Waals surface area contributed by atoms with E-state index in [2.05, 4.69) is 21.7 Å². The molecular weight excluding hydrogens is 551 g/mol. The summed E-state index contributed by atoms with van der Waals surface area (Å²) in [5, 5.41) is 20.5. The molecular formula is C29H34F3N7O3. The van der Waals surface area contributed by atoms with Crippen LogP contribution in [-0.2, 0) is 15.8 Å². The second-order valence-corrected chi connectivity index (χ2v) is 12.0. The van der Waals surface area contributed by atoms with E-state index < -0.39 is 34.5 Å². The number of halogens is 3. The van der Waals surface area contributed by atoms with E-state index in [1.807, 2.05) is 0 Å². The molecule has 2 aliphatic heterocycles. The van der Waals surface area contributed by atoms with Crippen LogP contribution in [0.1, 0.15) is 58.4 Å². The van der Waals surface area contributed by atoms with E-state index in [0.717, 1.165) is 0 Å². The quantitative estimate of drug-likeness (QED) is 0.373. The molecule has 224 valence electrons. The summed E-state index contributed by atoms with van der Waals surface area (Å²) in [6.07, 6.45) is -2.09. The molecule has 1 aromatic carbocycles. The fraction of sp³-hybridized carbons (Fsp3) is 0.517. The summed E-state index contributed by atoms with van der Waals surface area (Å²) in [5.41, 5.74) is -2.84. The van der Waals surface area contributed by atoms with Crippen LogP contribution in [-0.4, -0.2) is 57.2 Å². The van der Waals surface area contributed by atoms with Crippen molar-refractivity contribution < 1.29 is 22.7 Å². The van der Waals surface area contributed by atoms with E-state index in [1.165, 1.54) is 30.5 Å². The maximum absolute atomic E-state index is 14.0. The predicted octanol–water partition coefficient (Wildman–Crippen LogP) is 5.25. The number of rotatable bonds is 5. The van der Waals surface area contributed by atoms with Crippen molar-refractivity contribution in [2.75, 3.05) is 25.0 Å². The van der Waals surface area contributed by atoms with Gasteiger partial charge in [0.15, 0.2) is 5.82 Å². The molecule has 2 saturated heterocycles. The minimum atomic E-state index is -4.45. The number of nitrogens with one attached hydrogen (secondary N) is 3. The summed E-state index contributed by atoms with van der Waals surface area (Å²) in [6, 6.07) is 9.89. The Morgan fingerprint density at radius 3 is 2.40 bits per heavy atom. The zero-order valence-corrected chi connectivity index (χ0v) is 23.8. The Kier molecular flexibility index (Phi) is 7.47. The van der Waals surface area contributed by atoms with Crippen LogP contribution in [0.5, 0.6) is 0 Å². The fourth-order valence-corrected chi connectivity index (χ4v) is 5.94. The van der Waals surface area contributed by atoms with Crippen LogP contribution >= 0.6 is 0 Å². The number of benzene rings is 1. The number of carbonyl (C=O) groups excluding carboxylic acids is 1. The number of nitriles is 1. The van der Waals surface area contributed by atoms with Gasteiger partial charge in [-0.2, -0.15) is 23.5 Å². The van der Waals surface area contributed by atoms with Gasteiger partial charge >= 0.3 is 12.3 Å². The van der Waals surface area contributed by atoms with E-state index >= 15 is 0 Å². The molecule has 0 saturated carbocycles. The highest BCUT2D eigenvalue weighted by atomic mass is 19.4. The number of H-pyrrole nitrogens is 1. The first-order valence-corrected chi connectivity index (χ1v) is 13.9. The number of pyridine rings is 1. The van der Waals surface area contributed by atoms with E-state index in [-0.39, 0.29) is 36.2 Å². The number of aromatic amines is 1. The maximum atomic E-state index is 14.0. The van der Waals surface area contributed by atoms with Gasteiger partial charge in [0.25, 0.3) is 5.56 Å². The monoisotopic (exact) mass is 585 g/mol. The summed E-state index contributed by atoms with van der Waals surface area (Å²) in [4.78, 5) is 29.9. The Bertz CT molecular complexity index is 1550. The topological polar surface area (TPSA) is 128 Å². The second kappa shape index (κ2) is 10.7. The van der Waals surface area contributed by atoms with Gasteiger partial charge < -0.3 is 19.9 Å². The number of carbonyl (C=O) groups is 1. The lowest BCUT2D eigenvalue weighted by Crippen LogP contribution is -2.49. The van der Waals surface area contributed by atoms with Crippen LogP contribution in [0.2, 0.25) is 0 Å². The highest BCUT2D eigenvalue weighted by Crippen LogP contribution is 2.45. The van der Waals surface area contributed by atoms with E-state index in [0.29, 0.717) is 43.6 Å². The summed E-state index contributed by atoms with van der Waals surface area (Å²) >= 11 is 0. The number of hydrogen-bond acceptors (Lipinski definition) is 7. The SMILES string of the molecule is CC(C)(C)OC(=O)N1CCC(CC#N)(n2nc(Nc3ccc(C4(C(F)(F)F)CCCN4)cc3)c3c(=O)[nH]ccc32)CC1. The number of likely N-dealkylation sites (tertiary alicyclic amines) is 1. The Balaban J connectivity index is 1.46. The molecule has 2 aromatic heterocycles. The summed E-state index contributed by atoms with van der Waals surface area (Å²) in [6.45, 7) is 6.34. The molecule has 0 spiro atoms. The molecule has 1 atom stereocenters. The lowest BCUT2D eigenvalue weighted by molar-refractivity contribution is -0.196. The molecule has 0 aliphatic carbocycles. The number of alkyl halides is 3. The first-order chi connectivity index (χ1) is 19.8. The molecule has 4 heterocycles. The van der Waals surface area contributed by atoms with Crippen LogP contribution in [0, 0.1) is 11.3 Å². The van der Waals surface area contributed by atoms with E-state index in [4.69, 9.17) is 9.84 Å². The molecule has 1 unspecified atom stereocenters. The first kappa shape index (κ1) is 29.4. The van der Waals surface area contributed by atoms with Crippen molar-refractivity contribution in [1.29, 1.82) is 5.26 Å². The summed E-state index contributed by atoms with van der Waals surface area (Å²) in [5.74, 6) is 0.219. The third-order valence-corrected chi connectivity index (χ3v) is 8.09. The average molecular weight is 586 g/mol. The number of hydrogen-bond donors (Lipinski definition) is 3.